The molecule has 1 atom stereocenters. The Kier molecular flexibility index (Phi) is 5.22. The molecule has 3 N–H and O–H groups in total. The predicted molar refractivity (Wildman–Crippen MR) is 79.1 cm³/mol. The van der Waals surface area contributed by atoms with Crippen LogP contribution in [-0.4, -0.2) is 25.2 Å². The van der Waals surface area contributed by atoms with Crippen LogP contribution in [0.1, 0.15) is 36.0 Å². The second-order valence-electron chi connectivity index (χ2n) is 4.76. The summed E-state index contributed by atoms with van der Waals surface area (Å²) in [6, 6.07) is 5.28. The number of nitrogens with two attached hydrogens (primary N) is 1. The van der Waals surface area contributed by atoms with Crippen molar-refractivity contribution in [1.82, 2.24) is 5.32 Å². The molecule has 1 aliphatic heterocycles. The van der Waals surface area contributed by atoms with E-state index in [9.17, 15) is 4.79 Å². The second-order valence-corrected chi connectivity index (χ2v) is 5.68. The minimum Gasteiger partial charge on any atom is -0.398 e. The van der Waals surface area contributed by atoms with Crippen molar-refractivity contribution in [2.75, 3.05) is 18.9 Å². The van der Waals surface area contributed by atoms with Crippen LogP contribution in [0.15, 0.2) is 22.7 Å². The van der Waals surface area contributed by atoms with Gasteiger partial charge in [-0.05, 0) is 43.9 Å². The lowest BCUT2D eigenvalue weighted by Crippen LogP contribution is -2.29. The Hall–Kier alpha value is -1.07. The maximum atomic E-state index is 12.0. The quantitative estimate of drug-likeness (QED) is 0.836. The van der Waals surface area contributed by atoms with Crippen molar-refractivity contribution in [1.29, 1.82) is 0 Å². The second kappa shape index (κ2) is 6.91. The Morgan fingerprint density at radius 3 is 3.00 bits per heavy atom. The molecule has 1 unspecified atom stereocenters. The fraction of sp³-hybridized carbons (Fsp3) is 0.500. The van der Waals surface area contributed by atoms with Crippen LogP contribution >= 0.6 is 15.9 Å². The Bertz CT molecular complexity index is 445. The van der Waals surface area contributed by atoms with Gasteiger partial charge in [-0.15, -0.1) is 0 Å². The van der Waals surface area contributed by atoms with Crippen molar-refractivity contribution in [3.63, 3.8) is 0 Å². The van der Waals surface area contributed by atoms with Crippen molar-refractivity contribution in [3.05, 3.63) is 28.2 Å². The molecule has 4 nitrogen and oxygen atoms in total. The molecular weight excluding hydrogens is 308 g/mol. The summed E-state index contributed by atoms with van der Waals surface area (Å²) < 4.78 is 6.50. The number of nitrogens with one attached hydrogen (secondary N) is 1. The highest BCUT2D eigenvalue weighted by Crippen LogP contribution is 2.19. The van der Waals surface area contributed by atoms with Crippen LogP contribution in [0.25, 0.3) is 0 Å². The summed E-state index contributed by atoms with van der Waals surface area (Å²) in [6.07, 6.45) is 4.62. The summed E-state index contributed by atoms with van der Waals surface area (Å²) in [4.78, 5) is 12.0. The number of benzene rings is 1. The van der Waals surface area contributed by atoms with Crippen molar-refractivity contribution in [3.8, 4) is 0 Å². The van der Waals surface area contributed by atoms with Crippen molar-refractivity contribution >= 4 is 27.5 Å². The highest BCUT2D eigenvalue weighted by atomic mass is 79.9. The van der Waals surface area contributed by atoms with Gasteiger partial charge in [0.15, 0.2) is 0 Å². The van der Waals surface area contributed by atoms with E-state index < -0.39 is 0 Å². The molecule has 1 saturated heterocycles. The van der Waals surface area contributed by atoms with Crippen molar-refractivity contribution < 1.29 is 9.53 Å². The first kappa shape index (κ1) is 14.3. The molecule has 0 bridgehead atoms. The third kappa shape index (κ3) is 4.21. The molecule has 2 rings (SSSR count). The van der Waals surface area contributed by atoms with Crippen LogP contribution in [0, 0.1) is 0 Å². The maximum Gasteiger partial charge on any atom is 0.253 e. The Balaban J connectivity index is 1.80. The predicted octanol–water partition coefficient (Wildman–Crippen LogP) is 2.72. The van der Waals surface area contributed by atoms with Gasteiger partial charge in [0, 0.05) is 23.3 Å². The number of ether oxygens (including phenoxy) is 1. The summed E-state index contributed by atoms with van der Waals surface area (Å²) in [5.41, 5.74) is 6.83. The van der Waals surface area contributed by atoms with E-state index in [4.69, 9.17) is 10.5 Å². The molecule has 1 heterocycles. The van der Waals surface area contributed by atoms with Gasteiger partial charge in [0.2, 0.25) is 0 Å². The minimum atomic E-state index is -0.124. The SMILES string of the molecule is Nc1cc(Br)ccc1C(=O)NCCC1CCCCO1. The van der Waals surface area contributed by atoms with Crippen LogP contribution in [0.3, 0.4) is 0 Å². The van der Waals surface area contributed by atoms with E-state index in [0.29, 0.717) is 17.8 Å². The standard InChI is InChI=1S/C14H19BrN2O2/c15-10-4-5-12(13(16)9-10)14(18)17-7-6-11-3-1-2-8-19-11/h4-5,9,11H,1-3,6-8,16H2,(H,17,18). The highest BCUT2D eigenvalue weighted by Gasteiger charge is 2.14. The highest BCUT2D eigenvalue weighted by molar-refractivity contribution is 9.10. The normalized spacial score (nSPS) is 19.1. The number of hydrogen-bond acceptors (Lipinski definition) is 3. The Labute approximate surface area is 121 Å². The van der Waals surface area contributed by atoms with Crippen LogP contribution < -0.4 is 11.1 Å². The number of halogens is 1. The van der Waals surface area contributed by atoms with Gasteiger partial charge in [0.25, 0.3) is 5.91 Å². The fourth-order valence-corrected chi connectivity index (χ4v) is 2.60. The number of carbonyl (C=O) groups is 1. The zero-order valence-electron chi connectivity index (χ0n) is 10.8. The van der Waals surface area contributed by atoms with E-state index in [1.165, 1.54) is 6.42 Å². The molecule has 0 radical (unpaired) electrons. The average molecular weight is 327 g/mol. The van der Waals surface area contributed by atoms with Crippen LogP contribution in [0.2, 0.25) is 0 Å². The number of hydrogen-bond donors (Lipinski definition) is 2. The molecule has 1 amide bonds. The Morgan fingerprint density at radius 2 is 2.32 bits per heavy atom. The molecular formula is C14H19BrN2O2. The van der Waals surface area contributed by atoms with E-state index in [1.807, 2.05) is 6.07 Å². The van der Waals surface area contributed by atoms with Gasteiger partial charge in [-0.1, -0.05) is 15.9 Å². The average Bonchev–Trinajstić information content (AvgIpc) is 2.39. The van der Waals surface area contributed by atoms with Gasteiger partial charge in [0.1, 0.15) is 0 Å². The van der Waals surface area contributed by atoms with E-state index in [-0.39, 0.29) is 12.0 Å². The summed E-state index contributed by atoms with van der Waals surface area (Å²) in [7, 11) is 0. The van der Waals surface area contributed by atoms with Gasteiger partial charge in [-0.2, -0.15) is 0 Å². The summed E-state index contributed by atoms with van der Waals surface area (Å²) in [5.74, 6) is -0.124. The molecule has 0 aromatic heterocycles. The molecule has 1 aromatic rings. The number of nitrogen functional groups attached to an aromatic ring is 1. The molecule has 5 heteroatoms. The smallest absolute Gasteiger partial charge is 0.253 e. The molecule has 0 saturated carbocycles. The maximum absolute atomic E-state index is 12.0. The summed E-state index contributed by atoms with van der Waals surface area (Å²) in [6.45, 7) is 1.47. The zero-order valence-corrected chi connectivity index (χ0v) is 12.4. The first-order valence-corrected chi connectivity index (χ1v) is 7.41. The fourth-order valence-electron chi connectivity index (χ4n) is 2.22. The molecule has 1 aromatic carbocycles. The topological polar surface area (TPSA) is 64.4 Å². The lowest BCUT2D eigenvalue weighted by Gasteiger charge is -2.22. The van der Waals surface area contributed by atoms with Gasteiger partial charge in [-0.25, -0.2) is 0 Å². The monoisotopic (exact) mass is 326 g/mol. The molecule has 0 spiro atoms. The van der Waals surface area contributed by atoms with Gasteiger partial charge in [-0.3, -0.25) is 4.79 Å². The van der Waals surface area contributed by atoms with Crippen molar-refractivity contribution in [2.45, 2.75) is 31.8 Å². The first-order valence-electron chi connectivity index (χ1n) is 6.61. The van der Waals surface area contributed by atoms with Crippen molar-refractivity contribution in [2.24, 2.45) is 0 Å². The van der Waals surface area contributed by atoms with E-state index in [1.54, 1.807) is 12.1 Å². The zero-order chi connectivity index (χ0) is 13.7. The molecule has 1 fully saturated rings. The van der Waals surface area contributed by atoms with Crippen LogP contribution in [0.5, 0.6) is 0 Å². The van der Waals surface area contributed by atoms with E-state index in [0.717, 1.165) is 30.3 Å². The van der Waals surface area contributed by atoms with Gasteiger partial charge in [0.05, 0.1) is 11.7 Å². The summed E-state index contributed by atoms with van der Waals surface area (Å²) >= 11 is 3.32. The first-order chi connectivity index (χ1) is 9.16. The molecule has 19 heavy (non-hydrogen) atoms. The van der Waals surface area contributed by atoms with Crippen LogP contribution in [0.4, 0.5) is 5.69 Å². The molecule has 1 aliphatic rings. The lowest BCUT2D eigenvalue weighted by atomic mass is 10.1. The van der Waals surface area contributed by atoms with E-state index >= 15 is 0 Å². The Morgan fingerprint density at radius 1 is 1.47 bits per heavy atom. The minimum absolute atomic E-state index is 0.124. The number of carbonyl (C=O) groups excluding carboxylic acids is 1. The number of rotatable bonds is 4. The summed E-state index contributed by atoms with van der Waals surface area (Å²) in [5, 5.41) is 2.89. The third-order valence-corrected chi connectivity index (χ3v) is 3.78. The van der Waals surface area contributed by atoms with Gasteiger partial charge < -0.3 is 15.8 Å². The molecule has 0 aliphatic carbocycles. The lowest BCUT2D eigenvalue weighted by molar-refractivity contribution is 0.0117. The largest absolute Gasteiger partial charge is 0.398 e. The number of amides is 1. The van der Waals surface area contributed by atoms with E-state index in [2.05, 4.69) is 21.2 Å². The molecule has 104 valence electrons. The van der Waals surface area contributed by atoms with Crippen LogP contribution in [-0.2, 0) is 4.74 Å². The number of anilines is 1. The van der Waals surface area contributed by atoms with Gasteiger partial charge >= 0.3 is 0 Å². The third-order valence-electron chi connectivity index (χ3n) is 3.28.